The largest absolute Gasteiger partial charge is 0.347 e. The third-order valence-electron chi connectivity index (χ3n) is 4.14. The fraction of sp³-hybridized carbons (Fsp3) is 0.389. The van der Waals surface area contributed by atoms with Crippen LogP contribution in [0.2, 0.25) is 0 Å². The van der Waals surface area contributed by atoms with E-state index < -0.39 is 0 Å². The fourth-order valence-corrected chi connectivity index (χ4v) is 3.00. The summed E-state index contributed by atoms with van der Waals surface area (Å²) < 4.78 is 0. The summed E-state index contributed by atoms with van der Waals surface area (Å²) in [6.45, 7) is 2.88. The lowest BCUT2D eigenvalue weighted by Gasteiger charge is -2.25. The predicted octanol–water partition coefficient (Wildman–Crippen LogP) is 2.26. The summed E-state index contributed by atoms with van der Waals surface area (Å²) >= 11 is 0. The van der Waals surface area contributed by atoms with E-state index in [1.807, 2.05) is 6.07 Å². The highest BCUT2D eigenvalue weighted by atomic mass is 16.1. The van der Waals surface area contributed by atoms with Crippen LogP contribution in [0.5, 0.6) is 0 Å². The second-order valence-corrected chi connectivity index (χ2v) is 5.98. The lowest BCUT2D eigenvalue weighted by atomic mass is 10.1. The number of hydrogen-bond donors (Lipinski definition) is 1. The van der Waals surface area contributed by atoms with Crippen molar-refractivity contribution in [2.45, 2.75) is 31.8 Å². The average molecular weight is 310 g/mol. The van der Waals surface area contributed by atoms with Gasteiger partial charge in [-0.05, 0) is 24.9 Å². The van der Waals surface area contributed by atoms with Gasteiger partial charge in [-0.25, -0.2) is 4.98 Å². The summed E-state index contributed by atoms with van der Waals surface area (Å²) in [5, 5.41) is 3.11. The summed E-state index contributed by atoms with van der Waals surface area (Å²) in [5.41, 5.74) is 1.69. The van der Waals surface area contributed by atoms with E-state index in [0.29, 0.717) is 5.69 Å². The molecule has 0 radical (unpaired) electrons. The van der Waals surface area contributed by atoms with Crippen molar-refractivity contribution in [1.29, 1.82) is 0 Å². The molecule has 0 saturated carbocycles. The van der Waals surface area contributed by atoms with Crippen LogP contribution in [0.4, 0.5) is 0 Å². The first-order valence-electron chi connectivity index (χ1n) is 8.14. The zero-order chi connectivity index (χ0) is 15.9. The maximum Gasteiger partial charge on any atom is 0.271 e. The van der Waals surface area contributed by atoms with Gasteiger partial charge in [0.15, 0.2) is 0 Å². The van der Waals surface area contributed by atoms with Crippen LogP contribution in [0.15, 0.2) is 48.9 Å². The van der Waals surface area contributed by atoms with E-state index in [-0.39, 0.29) is 11.9 Å². The highest BCUT2D eigenvalue weighted by Gasteiger charge is 2.20. The van der Waals surface area contributed by atoms with E-state index >= 15 is 0 Å². The molecule has 1 aromatic carbocycles. The normalized spacial score (nSPS) is 19.0. The predicted molar refractivity (Wildman–Crippen MR) is 88.9 cm³/mol. The van der Waals surface area contributed by atoms with Gasteiger partial charge in [0.2, 0.25) is 0 Å². The standard InChI is InChI=1S/C18H22N4O/c23-18(17-12-19-9-10-20-17)21-16-8-4-5-11-22(14-16)13-15-6-2-1-3-7-15/h1-3,6-7,9-10,12,16H,4-5,8,11,13-14H2,(H,21,23)/t16-/m0/s1. The first-order chi connectivity index (χ1) is 11.3. The number of likely N-dealkylation sites (tertiary alicyclic amines) is 1. The molecular formula is C18H22N4O. The van der Waals surface area contributed by atoms with Crippen LogP contribution < -0.4 is 5.32 Å². The minimum atomic E-state index is -0.135. The molecule has 1 aliphatic heterocycles. The van der Waals surface area contributed by atoms with Crippen LogP contribution in [-0.2, 0) is 6.54 Å². The topological polar surface area (TPSA) is 58.1 Å². The molecule has 1 N–H and O–H groups in total. The Morgan fingerprint density at radius 3 is 2.87 bits per heavy atom. The van der Waals surface area contributed by atoms with E-state index in [1.165, 1.54) is 18.2 Å². The number of benzene rings is 1. The second kappa shape index (κ2) is 7.83. The van der Waals surface area contributed by atoms with Gasteiger partial charge in [0.1, 0.15) is 5.69 Å². The zero-order valence-electron chi connectivity index (χ0n) is 13.2. The molecule has 5 heteroatoms. The summed E-state index contributed by atoms with van der Waals surface area (Å²) in [6.07, 6.45) is 7.94. The Balaban J connectivity index is 1.60. The van der Waals surface area contributed by atoms with Crippen molar-refractivity contribution in [2.75, 3.05) is 13.1 Å². The summed E-state index contributed by atoms with van der Waals surface area (Å²) in [6, 6.07) is 10.6. The fourth-order valence-electron chi connectivity index (χ4n) is 3.00. The Bertz CT molecular complexity index is 617. The average Bonchev–Trinajstić information content (AvgIpc) is 2.81. The Kier molecular flexibility index (Phi) is 5.32. The molecule has 0 aliphatic carbocycles. The van der Waals surface area contributed by atoms with E-state index in [0.717, 1.165) is 32.5 Å². The molecule has 1 aliphatic rings. The molecule has 1 atom stereocenters. The number of carbonyl (C=O) groups is 1. The Hall–Kier alpha value is -2.27. The number of nitrogens with zero attached hydrogens (tertiary/aromatic N) is 3. The molecule has 1 amide bonds. The highest BCUT2D eigenvalue weighted by Crippen LogP contribution is 2.14. The van der Waals surface area contributed by atoms with E-state index in [9.17, 15) is 4.79 Å². The maximum absolute atomic E-state index is 12.3. The van der Waals surface area contributed by atoms with Gasteiger partial charge < -0.3 is 5.32 Å². The van der Waals surface area contributed by atoms with Gasteiger partial charge >= 0.3 is 0 Å². The molecule has 1 aromatic heterocycles. The van der Waals surface area contributed by atoms with Crippen molar-refractivity contribution < 1.29 is 4.79 Å². The van der Waals surface area contributed by atoms with Crippen LogP contribution in [-0.4, -0.2) is 39.9 Å². The van der Waals surface area contributed by atoms with Crippen molar-refractivity contribution in [3.05, 3.63) is 60.2 Å². The first-order valence-corrected chi connectivity index (χ1v) is 8.14. The SMILES string of the molecule is O=C(N[C@H]1CCCCN(Cc2ccccc2)C1)c1cnccn1. The van der Waals surface area contributed by atoms with Gasteiger partial charge in [-0.1, -0.05) is 36.8 Å². The summed E-state index contributed by atoms with van der Waals surface area (Å²) in [5.74, 6) is -0.135. The summed E-state index contributed by atoms with van der Waals surface area (Å²) in [7, 11) is 0. The molecule has 0 spiro atoms. The Morgan fingerprint density at radius 1 is 1.22 bits per heavy atom. The van der Waals surface area contributed by atoms with Crippen molar-refractivity contribution in [3.8, 4) is 0 Å². The number of carbonyl (C=O) groups excluding carboxylic acids is 1. The quantitative estimate of drug-likeness (QED) is 0.941. The van der Waals surface area contributed by atoms with Gasteiger partial charge in [0, 0.05) is 31.5 Å². The molecular weight excluding hydrogens is 288 g/mol. The van der Waals surface area contributed by atoms with Crippen LogP contribution in [0.1, 0.15) is 35.3 Å². The van der Waals surface area contributed by atoms with E-state index in [1.54, 1.807) is 12.4 Å². The van der Waals surface area contributed by atoms with Gasteiger partial charge in [-0.15, -0.1) is 0 Å². The highest BCUT2D eigenvalue weighted by molar-refractivity contribution is 5.92. The molecule has 3 rings (SSSR count). The van der Waals surface area contributed by atoms with Crippen LogP contribution in [0.25, 0.3) is 0 Å². The number of rotatable bonds is 4. The number of aromatic nitrogens is 2. The van der Waals surface area contributed by atoms with Gasteiger partial charge in [0.05, 0.1) is 6.20 Å². The van der Waals surface area contributed by atoms with Crippen molar-refractivity contribution in [2.24, 2.45) is 0 Å². The number of nitrogens with one attached hydrogen (secondary N) is 1. The van der Waals surface area contributed by atoms with Crippen LogP contribution >= 0.6 is 0 Å². The monoisotopic (exact) mass is 310 g/mol. The lowest BCUT2D eigenvalue weighted by molar-refractivity contribution is 0.0920. The molecule has 0 unspecified atom stereocenters. The minimum absolute atomic E-state index is 0.135. The molecule has 5 nitrogen and oxygen atoms in total. The first kappa shape index (κ1) is 15.6. The summed E-state index contributed by atoms with van der Waals surface area (Å²) in [4.78, 5) is 22.7. The van der Waals surface area contributed by atoms with Gasteiger partial charge in [0.25, 0.3) is 5.91 Å². The molecule has 120 valence electrons. The van der Waals surface area contributed by atoms with Gasteiger partial charge in [-0.3, -0.25) is 14.7 Å². The Morgan fingerprint density at radius 2 is 2.09 bits per heavy atom. The Labute approximate surface area is 136 Å². The second-order valence-electron chi connectivity index (χ2n) is 5.98. The van der Waals surface area contributed by atoms with E-state index in [4.69, 9.17) is 0 Å². The van der Waals surface area contributed by atoms with Gasteiger partial charge in [-0.2, -0.15) is 0 Å². The zero-order valence-corrected chi connectivity index (χ0v) is 13.2. The van der Waals surface area contributed by atoms with Crippen LogP contribution in [0.3, 0.4) is 0 Å². The molecule has 1 saturated heterocycles. The van der Waals surface area contributed by atoms with Crippen molar-refractivity contribution in [1.82, 2.24) is 20.2 Å². The van der Waals surface area contributed by atoms with E-state index in [2.05, 4.69) is 44.5 Å². The van der Waals surface area contributed by atoms with Crippen molar-refractivity contribution >= 4 is 5.91 Å². The lowest BCUT2D eigenvalue weighted by Crippen LogP contribution is -2.42. The molecule has 23 heavy (non-hydrogen) atoms. The number of amides is 1. The molecule has 2 aromatic rings. The number of hydrogen-bond acceptors (Lipinski definition) is 4. The smallest absolute Gasteiger partial charge is 0.271 e. The van der Waals surface area contributed by atoms with Crippen LogP contribution in [0, 0.1) is 0 Å². The molecule has 0 bridgehead atoms. The van der Waals surface area contributed by atoms with Crippen molar-refractivity contribution in [3.63, 3.8) is 0 Å². The minimum Gasteiger partial charge on any atom is -0.347 e. The third kappa shape index (κ3) is 4.60. The molecule has 2 heterocycles. The molecule has 1 fully saturated rings. The third-order valence-corrected chi connectivity index (χ3v) is 4.14. The maximum atomic E-state index is 12.3.